The number of hydrogen-bond acceptors (Lipinski definition) is 4. The fourth-order valence-electron chi connectivity index (χ4n) is 2.39. The molecule has 1 aliphatic rings. The smallest absolute Gasteiger partial charge is 0.223 e. The standard InChI is InChI=1S/C15H30N2O3/c1-5-16-14(19)12-6-8-17(9-7-12)10-13(18)11-20-15(2,3)4/h12-13,18H,5-11H2,1-4H3,(H,16,19). The maximum atomic E-state index is 11.7. The fraction of sp³-hybridized carbons (Fsp3) is 0.933. The van der Waals surface area contributed by atoms with E-state index >= 15 is 0 Å². The second-order valence-electron chi connectivity index (χ2n) is 6.55. The van der Waals surface area contributed by atoms with Crippen molar-refractivity contribution in [3.05, 3.63) is 0 Å². The van der Waals surface area contributed by atoms with Gasteiger partial charge < -0.3 is 20.1 Å². The summed E-state index contributed by atoms with van der Waals surface area (Å²) in [4.78, 5) is 14.0. The molecule has 1 fully saturated rings. The molecule has 1 aliphatic heterocycles. The van der Waals surface area contributed by atoms with Crippen LogP contribution in [0.15, 0.2) is 0 Å². The lowest BCUT2D eigenvalue weighted by Gasteiger charge is -2.33. The van der Waals surface area contributed by atoms with Crippen LogP contribution in [-0.2, 0) is 9.53 Å². The minimum atomic E-state index is -0.463. The lowest BCUT2D eigenvalue weighted by Crippen LogP contribution is -2.44. The minimum absolute atomic E-state index is 0.133. The topological polar surface area (TPSA) is 61.8 Å². The minimum Gasteiger partial charge on any atom is -0.389 e. The molecule has 2 N–H and O–H groups in total. The van der Waals surface area contributed by atoms with Gasteiger partial charge in [-0.3, -0.25) is 4.79 Å². The molecule has 0 bridgehead atoms. The zero-order valence-corrected chi connectivity index (χ0v) is 13.3. The summed E-state index contributed by atoms with van der Waals surface area (Å²) in [7, 11) is 0. The highest BCUT2D eigenvalue weighted by Crippen LogP contribution is 2.17. The average molecular weight is 286 g/mol. The van der Waals surface area contributed by atoms with Crippen molar-refractivity contribution in [1.29, 1.82) is 0 Å². The van der Waals surface area contributed by atoms with E-state index in [1.165, 1.54) is 0 Å². The first-order chi connectivity index (χ1) is 9.31. The van der Waals surface area contributed by atoms with E-state index < -0.39 is 6.10 Å². The Morgan fingerprint density at radius 1 is 1.40 bits per heavy atom. The molecular formula is C15H30N2O3. The number of hydrogen-bond donors (Lipinski definition) is 2. The molecule has 0 spiro atoms. The number of piperidine rings is 1. The van der Waals surface area contributed by atoms with Gasteiger partial charge in [-0.25, -0.2) is 0 Å². The highest BCUT2D eigenvalue weighted by atomic mass is 16.5. The summed E-state index contributed by atoms with van der Waals surface area (Å²) in [6.45, 7) is 11.3. The quantitative estimate of drug-likeness (QED) is 0.765. The number of aliphatic hydroxyl groups is 1. The maximum absolute atomic E-state index is 11.7. The van der Waals surface area contributed by atoms with Gasteiger partial charge in [0, 0.05) is 19.0 Å². The molecular weight excluding hydrogens is 256 g/mol. The second kappa shape index (κ2) is 7.96. The van der Waals surface area contributed by atoms with E-state index in [4.69, 9.17) is 4.74 Å². The third-order valence-electron chi connectivity index (χ3n) is 3.49. The lowest BCUT2D eigenvalue weighted by molar-refractivity contribution is -0.126. The highest BCUT2D eigenvalue weighted by Gasteiger charge is 2.25. The Morgan fingerprint density at radius 2 is 2.00 bits per heavy atom. The maximum Gasteiger partial charge on any atom is 0.223 e. The molecule has 5 nitrogen and oxygen atoms in total. The van der Waals surface area contributed by atoms with Crippen LogP contribution in [0.1, 0.15) is 40.5 Å². The number of nitrogens with one attached hydrogen (secondary N) is 1. The van der Waals surface area contributed by atoms with Crippen LogP contribution in [0.3, 0.4) is 0 Å². The third kappa shape index (κ3) is 6.68. The molecule has 0 saturated carbocycles. The van der Waals surface area contributed by atoms with E-state index in [2.05, 4.69) is 10.2 Å². The molecule has 1 heterocycles. The zero-order valence-electron chi connectivity index (χ0n) is 13.3. The molecule has 0 aliphatic carbocycles. The zero-order chi connectivity index (χ0) is 15.2. The summed E-state index contributed by atoms with van der Waals surface area (Å²) in [5, 5.41) is 12.9. The first-order valence-corrected chi connectivity index (χ1v) is 7.64. The van der Waals surface area contributed by atoms with Crippen molar-refractivity contribution in [2.24, 2.45) is 5.92 Å². The molecule has 0 aromatic rings. The van der Waals surface area contributed by atoms with E-state index in [1.54, 1.807) is 0 Å². The molecule has 5 heteroatoms. The number of carbonyl (C=O) groups excluding carboxylic acids is 1. The summed E-state index contributed by atoms with van der Waals surface area (Å²) in [6, 6.07) is 0. The lowest BCUT2D eigenvalue weighted by atomic mass is 9.95. The molecule has 1 rings (SSSR count). The van der Waals surface area contributed by atoms with Crippen molar-refractivity contribution in [3.63, 3.8) is 0 Å². The molecule has 0 aromatic carbocycles. The first-order valence-electron chi connectivity index (χ1n) is 7.64. The van der Waals surface area contributed by atoms with Gasteiger partial charge in [-0.05, 0) is 53.6 Å². The van der Waals surface area contributed by atoms with Crippen LogP contribution in [0.4, 0.5) is 0 Å². The first kappa shape index (κ1) is 17.4. The number of nitrogens with zero attached hydrogens (tertiary/aromatic N) is 1. The van der Waals surface area contributed by atoms with Gasteiger partial charge >= 0.3 is 0 Å². The molecule has 118 valence electrons. The Balaban J connectivity index is 2.23. The number of carbonyl (C=O) groups is 1. The van der Waals surface area contributed by atoms with Gasteiger partial charge in [0.05, 0.1) is 18.3 Å². The molecule has 0 radical (unpaired) electrons. The molecule has 1 saturated heterocycles. The Kier molecular flexibility index (Phi) is 6.92. The second-order valence-corrected chi connectivity index (χ2v) is 6.55. The van der Waals surface area contributed by atoms with Crippen LogP contribution >= 0.6 is 0 Å². The van der Waals surface area contributed by atoms with E-state index in [-0.39, 0.29) is 17.4 Å². The van der Waals surface area contributed by atoms with Gasteiger partial charge in [0.25, 0.3) is 0 Å². The van der Waals surface area contributed by atoms with Gasteiger partial charge in [-0.15, -0.1) is 0 Å². The predicted octanol–water partition coefficient (Wildman–Crippen LogP) is 1.01. The number of β-amino-alcohol motifs (C(OH)–C–C–N with tert-alkyl or cyclic N) is 1. The normalized spacial score (nSPS) is 19.9. The Hall–Kier alpha value is -0.650. The van der Waals surface area contributed by atoms with Crippen molar-refractivity contribution in [2.75, 3.05) is 32.8 Å². The van der Waals surface area contributed by atoms with Gasteiger partial charge in [0.1, 0.15) is 0 Å². The van der Waals surface area contributed by atoms with Crippen LogP contribution in [0, 0.1) is 5.92 Å². The highest BCUT2D eigenvalue weighted by molar-refractivity contribution is 5.78. The number of rotatable bonds is 6. The van der Waals surface area contributed by atoms with Crippen LogP contribution in [0.2, 0.25) is 0 Å². The number of likely N-dealkylation sites (tertiary alicyclic amines) is 1. The van der Waals surface area contributed by atoms with E-state index in [9.17, 15) is 9.90 Å². The number of amides is 1. The van der Waals surface area contributed by atoms with E-state index in [0.717, 1.165) is 25.9 Å². The largest absolute Gasteiger partial charge is 0.389 e. The van der Waals surface area contributed by atoms with Crippen LogP contribution in [0.5, 0.6) is 0 Å². The third-order valence-corrected chi connectivity index (χ3v) is 3.49. The number of ether oxygens (including phenoxy) is 1. The van der Waals surface area contributed by atoms with Crippen molar-refractivity contribution in [2.45, 2.75) is 52.2 Å². The summed E-state index contributed by atoms with van der Waals surface area (Å²) in [5.41, 5.74) is -0.216. The van der Waals surface area contributed by atoms with Crippen molar-refractivity contribution < 1.29 is 14.6 Å². The molecule has 0 aromatic heterocycles. The van der Waals surface area contributed by atoms with Crippen molar-refractivity contribution in [3.8, 4) is 0 Å². The van der Waals surface area contributed by atoms with E-state index in [1.807, 2.05) is 27.7 Å². The SMILES string of the molecule is CCNC(=O)C1CCN(CC(O)COC(C)(C)C)CC1. The monoisotopic (exact) mass is 286 g/mol. The van der Waals surface area contributed by atoms with Crippen molar-refractivity contribution >= 4 is 5.91 Å². The molecule has 1 unspecified atom stereocenters. The Labute approximate surface area is 122 Å². The molecule has 20 heavy (non-hydrogen) atoms. The Bertz CT molecular complexity index is 294. The summed E-state index contributed by atoms with van der Waals surface area (Å²) in [6.07, 6.45) is 1.28. The van der Waals surface area contributed by atoms with E-state index in [0.29, 0.717) is 19.7 Å². The molecule has 1 amide bonds. The van der Waals surface area contributed by atoms with Gasteiger partial charge in [0.15, 0.2) is 0 Å². The van der Waals surface area contributed by atoms with Crippen LogP contribution in [-0.4, -0.2) is 60.4 Å². The molecule has 1 atom stereocenters. The fourth-order valence-corrected chi connectivity index (χ4v) is 2.39. The van der Waals surface area contributed by atoms with Gasteiger partial charge in [0.2, 0.25) is 5.91 Å². The van der Waals surface area contributed by atoms with Gasteiger partial charge in [-0.2, -0.15) is 0 Å². The van der Waals surface area contributed by atoms with Crippen LogP contribution in [0.25, 0.3) is 0 Å². The number of aliphatic hydroxyl groups excluding tert-OH is 1. The van der Waals surface area contributed by atoms with Crippen LogP contribution < -0.4 is 5.32 Å². The average Bonchev–Trinajstić information content (AvgIpc) is 2.37. The summed E-state index contributed by atoms with van der Waals surface area (Å²) < 4.78 is 5.58. The summed E-state index contributed by atoms with van der Waals surface area (Å²) >= 11 is 0. The Morgan fingerprint density at radius 3 is 2.50 bits per heavy atom. The van der Waals surface area contributed by atoms with Gasteiger partial charge in [-0.1, -0.05) is 0 Å². The predicted molar refractivity (Wildman–Crippen MR) is 79.6 cm³/mol. The summed E-state index contributed by atoms with van der Waals surface area (Å²) in [5.74, 6) is 0.304. The van der Waals surface area contributed by atoms with Crippen molar-refractivity contribution in [1.82, 2.24) is 10.2 Å².